The number of anilines is 1. The maximum Gasteiger partial charge on any atom is 0.258 e. The molecule has 1 fully saturated rings. The van der Waals surface area contributed by atoms with E-state index in [9.17, 15) is 14.7 Å². The predicted molar refractivity (Wildman–Crippen MR) is 126 cm³/mol. The van der Waals surface area contributed by atoms with Gasteiger partial charge in [-0.05, 0) is 55.7 Å². The van der Waals surface area contributed by atoms with Crippen LogP contribution in [0.25, 0.3) is 11.0 Å². The van der Waals surface area contributed by atoms with Crippen molar-refractivity contribution in [2.45, 2.75) is 31.9 Å². The molecule has 1 aromatic heterocycles. The standard InChI is InChI=1S/C25H27N5O4/c1-34-12-4-11-30-22-14-19(24(33)29-10-3-7-20(31)16-29)8-9-21(22)27-25(30)28-23(32)18-6-2-5-17(13-18)15-26/h2,5-6,8-9,13-14,20,31H,3-4,7,10-12,16H2,1H3,(H,27,28,32)/t20-/m1/s1. The second-order valence-electron chi connectivity index (χ2n) is 8.33. The van der Waals surface area contributed by atoms with Gasteiger partial charge in [-0.3, -0.25) is 14.9 Å². The van der Waals surface area contributed by atoms with Gasteiger partial charge >= 0.3 is 0 Å². The van der Waals surface area contributed by atoms with Gasteiger partial charge in [0.2, 0.25) is 5.95 Å². The van der Waals surface area contributed by atoms with Crippen molar-refractivity contribution in [1.82, 2.24) is 14.5 Å². The normalized spacial score (nSPS) is 15.8. The summed E-state index contributed by atoms with van der Waals surface area (Å²) < 4.78 is 7.05. The van der Waals surface area contributed by atoms with E-state index in [0.717, 1.165) is 11.9 Å². The van der Waals surface area contributed by atoms with Gasteiger partial charge in [0.25, 0.3) is 11.8 Å². The average molecular weight is 462 g/mol. The number of fused-ring (bicyclic) bond motifs is 1. The van der Waals surface area contributed by atoms with Crippen LogP contribution in [0.4, 0.5) is 5.95 Å². The molecule has 1 aliphatic rings. The van der Waals surface area contributed by atoms with Crippen molar-refractivity contribution in [1.29, 1.82) is 5.26 Å². The van der Waals surface area contributed by atoms with E-state index in [1.807, 2.05) is 10.6 Å². The Morgan fingerprint density at radius 3 is 2.88 bits per heavy atom. The van der Waals surface area contributed by atoms with Crippen molar-refractivity contribution >= 4 is 28.8 Å². The third-order valence-corrected chi connectivity index (χ3v) is 5.89. The van der Waals surface area contributed by atoms with E-state index in [0.29, 0.717) is 67.2 Å². The van der Waals surface area contributed by atoms with Crippen molar-refractivity contribution < 1.29 is 19.4 Å². The highest BCUT2D eigenvalue weighted by Gasteiger charge is 2.24. The Bertz CT molecular complexity index is 1250. The summed E-state index contributed by atoms with van der Waals surface area (Å²) in [6.45, 7) is 2.00. The first-order valence-corrected chi connectivity index (χ1v) is 11.3. The van der Waals surface area contributed by atoms with Crippen LogP contribution in [0.5, 0.6) is 0 Å². The number of nitrogens with one attached hydrogen (secondary N) is 1. The van der Waals surface area contributed by atoms with Crippen LogP contribution < -0.4 is 5.32 Å². The molecule has 0 radical (unpaired) electrons. The molecule has 0 saturated carbocycles. The number of aliphatic hydroxyl groups excluding tert-OH is 1. The molecule has 0 spiro atoms. The van der Waals surface area contributed by atoms with E-state index in [1.54, 1.807) is 48.4 Å². The maximum atomic E-state index is 13.1. The number of aromatic nitrogens is 2. The Morgan fingerprint density at radius 1 is 1.26 bits per heavy atom. The largest absolute Gasteiger partial charge is 0.391 e. The number of piperidine rings is 1. The zero-order valence-electron chi connectivity index (χ0n) is 19.0. The van der Waals surface area contributed by atoms with E-state index in [2.05, 4.69) is 10.3 Å². The smallest absolute Gasteiger partial charge is 0.258 e. The SMILES string of the molecule is COCCCn1c(NC(=O)c2cccc(C#N)c2)nc2ccc(C(=O)N3CCC[C@@H](O)C3)cc21. The van der Waals surface area contributed by atoms with Gasteiger partial charge in [-0.1, -0.05) is 6.07 Å². The third-order valence-electron chi connectivity index (χ3n) is 5.89. The number of rotatable bonds is 7. The summed E-state index contributed by atoms with van der Waals surface area (Å²) in [5.41, 5.74) is 2.63. The first-order valence-electron chi connectivity index (χ1n) is 11.3. The number of carbonyl (C=O) groups is 2. The van der Waals surface area contributed by atoms with Gasteiger partial charge in [-0.15, -0.1) is 0 Å². The quantitative estimate of drug-likeness (QED) is 0.522. The van der Waals surface area contributed by atoms with Gasteiger partial charge in [-0.2, -0.15) is 5.26 Å². The summed E-state index contributed by atoms with van der Waals surface area (Å²) in [6.07, 6.45) is 1.66. The number of carbonyl (C=O) groups excluding carboxylic acids is 2. The molecule has 0 aliphatic carbocycles. The molecule has 2 aromatic carbocycles. The Hall–Kier alpha value is -3.74. The van der Waals surface area contributed by atoms with Crippen LogP contribution in [0.15, 0.2) is 42.5 Å². The molecule has 9 heteroatoms. The summed E-state index contributed by atoms with van der Waals surface area (Å²) in [4.78, 5) is 32.2. The molecule has 3 aromatic rings. The second kappa shape index (κ2) is 10.5. The number of benzene rings is 2. The molecule has 4 rings (SSSR count). The fourth-order valence-electron chi connectivity index (χ4n) is 4.17. The lowest BCUT2D eigenvalue weighted by Gasteiger charge is -2.30. The molecular formula is C25H27N5O4. The molecule has 9 nitrogen and oxygen atoms in total. The topological polar surface area (TPSA) is 120 Å². The van der Waals surface area contributed by atoms with Crippen LogP contribution in [0.3, 0.4) is 0 Å². The number of nitrogens with zero attached hydrogens (tertiary/aromatic N) is 4. The van der Waals surface area contributed by atoms with Crippen molar-refractivity contribution in [2.24, 2.45) is 0 Å². The highest BCUT2D eigenvalue weighted by molar-refractivity contribution is 6.04. The van der Waals surface area contributed by atoms with Crippen molar-refractivity contribution in [2.75, 3.05) is 32.1 Å². The van der Waals surface area contributed by atoms with Crippen molar-refractivity contribution in [3.8, 4) is 6.07 Å². The number of aryl methyl sites for hydroxylation is 1. The van der Waals surface area contributed by atoms with Gasteiger partial charge in [0.05, 0.1) is 28.8 Å². The Kier molecular flexibility index (Phi) is 7.21. The lowest BCUT2D eigenvalue weighted by molar-refractivity contribution is 0.0474. The molecule has 1 saturated heterocycles. The lowest BCUT2D eigenvalue weighted by atomic mass is 10.1. The number of ether oxygens (including phenoxy) is 1. The number of hydrogen-bond acceptors (Lipinski definition) is 6. The molecule has 34 heavy (non-hydrogen) atoms. The molecule has 0 bridgehead atoms. The number of methoxy groups -OCH3 is 1. The van der Waals surface area contributed by atoms with E-state index in [-0.39, 0.29) is 11.8 Å². The fraction of sp³-hybridized carbons (Fsp3) is 0.360. The number of hydrogen-bond donors (Lipinski definition) is 2. The zero-order valence-corrected chi connectivity index (χ0v) is 19.0. The molecule has 1 aliphatic heterocycles. The average Bonchev–Trinajstić information content (AvgIpc) is 3.19. The highest BCUT2D eigenvalue weighted by atomic mass is 16.5. The Labute approximate surface area is 197 Å². The summed E-state index contributed by atoms with van der Waals surface area (Å²) in [7, 11) is 1.63. The minimum absolute atomic E-state index is 0.135. The zero-order chi connectivity index (χ0) is 24.1. The van der Waals surface area contributed by atoms with Crippen LogP contribution in [-0.2, 0) is 11.3 Å². The number of aliphatic hydroxyl groups is 1. The van der Waals surface area contributed by atoms with Crippen molar-refractivity contribution in [3.63, 3.8) is 0 Å². The number of β-amino-alcohol motifs (C(OH)–C–C–N with tert-alkyl or cyclic N) is 1. The molecule has 1 atom stereocenters. The Morgan fingerprint density at radius 2 is 2.12 bits per heavy atom. The minimum atomic E-state index is -0.498. The second-order valence-corrected chi connectivity index (χ2v) is 8.33. The fourth-order valence-corrected chi connectivity index (χ4v) is 4.17. The molecule has 0 unspecified atom stereocenters. The molecule has 2 N–H and O–H groups in total. The van der Waals surface area contributed by atoms with Gasteiger partial charge in [0, 0.05) is 44.5 Å². The molecule has 2 amide bonds. The summed E-state index contributed by atoms with van der Waals surface area (Å²) >= 11 is 0. The van der Waals surface area contributed by atoms with Gasteiger partial charge in [0.15, 0.2) is 0 Å². The minimum Gasteiger partial charge on any atom is -0.391 e. The van der Waals surface area contributed by atoms with Gasteiger partial charge in [0.1, 0.15) is 0 Å². The van der Waals surface area contributed by atoms with E-state index >= 15 is 0 Å². The van der Waals surface area contributed by atoms with Crippen LogP contribution in [0, 0.1) is 11.3 Å². The summed E-state index contributed by atoms with van der Waals surface area (Å²) in [6, 6.07) is 13.8. The van der Waals surface area contributed by atoms with E-state index in [1.165, 1.54) is 6.07 Å². The lowest BCUT2D eigenvalue weighted by Crippen LogP contribution is -2.42. The van der Waals surface area contributed by atoms with E-state index < -0.39 is 6.10 Å². The number of likely N-dealkylation sites (tertiary alicyclic amines) is 1. The first kappa shape index (κ1) is 23.4. The highest BCUT2D eigenvalue weighted by Crippen LogP contribution is 2.24. The third kappa shape index (κ3) is 5.09. The Balaban J connectivity index is 1.65. The predicted octanol–water partition coefficient (Wildman–Crippen LogP) is 2.79. The van der Waals surface area contributed by atoms with E-state index in [4.69, 9.17) is 10.00 Å². The van der Waals surface area contributed by atoms with Gasteiger partial charge < -0.3 is 19.3 Å². The maximum absolute atomic E-state index is 13.1. The van der Waals surface area contributed by atoms with Crippen LogP contribution in [-0.4, -0.2) is 64.3 Å². The first-order chi connectivity index (χ1) is 16.5. The molecule has 2 heterocycles. The van der Waals surface area contributed by atoms with Crippen LogP contribution in [0.2, 0.25) is 0 Å². The molecule has 176 valence electrons. The summed E-state index contributed by atoms with van der Waals surface area (Å²) in [5.74, 6) is -0.153. The number of amides is 2. The number of imidazole rings is 1. The summed E-state index contributed by atoms with van der Waals surface area (Å²) in [5, 5.41) is 21.9. The van der Waals surface area contributed by atoms with Crippen molar-refractivity contribution in [3.05, 3.63) is 59.2 Å². The van der Waals surface area contributed by atoms with Crippen LogP contribution >= 0.6 is 0 Å². The number of nitriles is 1. The molecular weight excluding hydrogens is 434 g/mol. The van der Waals surface area contributed by atoms with Gasteiger partial charge in [-0.25, -0.2) is 4.98 Å². The van der Waals surface area contributed by atoms with Crippen LogP contribution in [0.1, 0.15) is 45.5 Å². The monoisotopic (exact) mass is 461 g/mol.